The van der Waals surface area contributed by atoms with E-state index < -0.39 is 5.54 Å². The smallest absolute Gasteiger partial charge is 0.117 e. The summed E-state index contributed by atoms with van der Waals surface area (Å²) in [4.78, 5) is 2.32. The number of nitrogens with zero attached hydrogens (tertiary/aromatic N) is 2. The first-order valence-electron chi connectivity index (χ1n) is 5.13. The van der Waals surface area contributed by atoms with Crippen LogP contribution in [0.1, 0.15) is 32.6 Å². The van der Waals surface area contributed by atoms with Gasteiger partial charge in [-0.2, -0.15) is 5.26 Å². The third kappa shape index (κ3) is 2.98. The van der Waals surface area contributed by atoms with Crippen molar-refractivity contribution in [3.63, 3.8) is 0 Å². The summed E-state index contributed by atoms with van der Waals surface area (Å²) >= 11 is 0. The molecule has 1 unspecified atom stereocenters. The second-order valence-electron chi connectivity index (χ2n) is 4.00. The number of likely N-dealkylation sites (tertiary alicyclic amines) is 1. The summed E-state index contributed by atoms with van der Waals surface area (Å²) < 4.78 is 0. The van der Waals surface area contributed by atoms with E-state index in [1.807, 2.05) is 0 Å². The maximum absolute atomic E-state index is 8.89. The minimum absolute atomic E-state index is 0.577. The van der Waals surface area contributed by atoms with Gasteiger partial charge in [-0.05, 0) is 32.4 Å². The predicted molar refractivity (Wildman–Crippen MR) is 53.1 cm³/mol. The van der Waals surface area contributed by atoms with Crippen LogP contribution in [0.2, 0.25) is 0 Å². The van der Waals surface area contributed by atoms with Crippen molar-refractivity contribution in [2.24, 2.45) is 5.73 Å². The van der Waals surface area contributed by atoms with Crippen LogP contribution in [0.25, 0.3) is 0 Å². The summed E-state index contributed by atoms with van der Waals surface area (Å²) in [5, 5.41) is 8.89. The van der Waals surface area contributed by atoms with E-state index in [9.17, 15) is 0 Å². The molecule has 2 N–H and O–H groups in total. The molecule has 3 heteroatoms. The summed E-state index contributed by atoms with van der Waals surface area (Å²) in [7, 11) is 0. The van der Waals surface area contributed by atoms with Gasteiger partial charge in [0, 0.05) is 6.54 Å². The molecule has 13 heavy (non-hydrogen) atoms. The molecule has 0 amide bonds. The molecule has 1 saturated heterocycles. The normalized spacial score (nSPS) is 29.9. The third-order valence-corrected chi connectivity index (χ3v) is 2.65. The SMILES string of the molecule is CCCCN1CCCC(N)(C#N)C1. The second-order valence-corrected chi connectivity index (χ2v) is 4.00. The fourth-order valence-corrected chi connectivity index (χ4v) is 1.84. The number of piperidine rings is 1. The van der Waals surface area contributed by atoms with Gasteiger partial charge in [0.05, 0.1) is 6.07 Å². The zero-order chi connectivity index (χ0) is 9.73. The van der Waals surface area contributed by atoms with Gasteiger partial charge >= 0.3 is 0 Å². The molecule has 0 aliphatic carbocycles. The first kappa shape index (κ1) is 10.5. The Labute approximate surface area is 80.5 Å². The van der Waals surface area contributed by atoms with Crippen LogP contribution >= 0.6 is 0 Å². The largest absolute Gasteiger partial charge is 0.312 e. The average molecular weight is 181 g/mol. The monoisotopic (exact) mass is 181 g/mol. The maximum atomic E-state index is 8.89. The molecule has 1 rings (SSSR count). The van der Waals surface area contributed by atoms with E-state index in [0.717, 1.165) is 32.5 Å². The van der Waals surface area contributed by atoms with Gasteiger partial charge in [0.15, 0.2) is 0 Å². The minimum atomic E-state index is -0.577. The minimum Gasteiger partial charge on any atom is -0.312 e. The molecule has 74 valence electrons. The van der Waals surface area contributed by atoms with E-state index in [1.165, 1.54) is 12.8 Å². The van der Waals surface area contributed by atoms with Crippen LogP contribution in [0.3, 0.4) is 0 Å². The van der Waals surface area contributed by atoms with E-state index >= 15 is 0 Å². The van der Waals surface area contributed by atoms with Crippen molar-refractivity contribution < 1.29 is 0 Å². The zero-order valence-electron chi connectivity index (χ0n) is 8.42. The molecular formula is C10H19N3. The van der Waals surface area contributed by atoms with E-state index in [4.69, 9.17) is 11.0 Å². The molecule has 1 fully saturated rings. The van der Waals surface area contributed by atoms with Crippen molar-refractivity contribution in [1.82, 2.24) is 4.90 Å². The molecule has 3 nitrogen and oxygen atoms in total. The summed E-state index contributed by atoms with van der Waals surface area (Å²) in [6.45, 7) is 5.14. The Morgan fingerprint density at radius 3 is 3.00 bits per heavy atom. The van der Waals surface area contributed by atoms with Gasteiger partial charge in [-0.3, -0.25) is 0 Å². The number of nitrogens with two attached hydrogens (primary N) is 1. The molecule has 1 heterocycles. The van der Waals surface area contributed by atoms with Crippen molar-refractivity contribution in [1.29, 1.82) is 5.26 Å². The predicted octanol–water partition coefficient (Wildman–Crippen LogP) is 1.10. The van der Waals surface area contributed by atoms with Gasteiger partial charge in [-0.25, -0.2) is 0 Å². The molecule has 0 aromatic rings. The molecule has 1 aliphatic heterocycles. The Kier molecular flexibility index (Phi) is 3.71. The number of nitriles is 1. The fraction of sp³-hybridized carbons (Fsp3) is 0.900. The molecule has 0 bridgehead atoms. The van der Waals surface area contributed by atoms with Crippen LogP contribution < -0.4 is 5.73 Å². The summed E-state index contributed by atoms with van der Waals surface area (Å²) in [6.07, 6.45) is 4.34. The molecule has 0 saturated carbocycles. The van der Waals surface area contributed by atoms with Crippen LogP contribution in [0.4, 0.5) is 0 Å². The average Bonchev–Trinajstić information content (AvgIpc) is 2.15. The topological polar surface area (TPSA) is 53.0 Å². The lowest BCUT2D eigenvalue weighted by Crippen LogP contribution is -2.53. The molecular weight excluding hydrogens is 162 g/mol. The van der Waals surface area contributed by atoms with Gasteiger partial charge in [0.1, 0.15) is 5.54 Å². The quantitative estimate of drug-likeness (QED) is 0.709. The fourth-order valence-electron chi connectivity index (χ4n) is 1.84. The standard InChI is InChI=1S/C10H19N3/c1-2-3-6-13-7-4-5-10(12,8-11)9-13/h2-7,9,12H2,1H3. The van der Waals surface area contributed by atoms with Gasteiger partial charge in [-0.1, -0.05) is 13.3 Å². The highest BCUT2D eigenvalue weighted by molar-refractivity contribution is 5.08. The van der Waals surface area contributed by atoms with Crippen LogP contribution in [0.15, 0.2) is 0 Å². The van der Waals surface area contributed by atoms with E-state index in [1.54, 1.807) is 0 Å². The lowest BCUT2D eigenvalue weighted by Gasteiger charge is -2.35. The zero-order valence-corrected chi connectivity index (χ0v) is 8.42. The Hall–Kier alpha value is -0.590. The molecule has 0 aromatic carbocycles. The van der Waals surface area contributed by atoms with Crippen LogP contribution in [0.5, 0.6) is 0 Å². The molecule has 1 atom stereocenters. The van der Waals surface area contributed by atoms with Crippen LogP contribution in [-0.2, 0) is 0 Å². The van der Waals surface area contributed by atoms with Crippen LogP contribution in [0, 0.1) is 11.3 Å². The number of rotatable bonds is 3. The van der Waals surface area contributed by atoms with Crippen LogP contribution in [-0.4, -0.2) is 30.1 Å². The van der Waals surface area contributed by atoms with E-state index in [-0.39, 0.29) is 0 Å². The molecule has 0 spiro atoms. The van der Waals surface area contributed by atoms with E-state index in [0.29, 0.717) is 0 Å². The van der Waals surface area contributed by atoms with Crippen molar-refractivity contribution in [3.8, 4) is 6.07 Å². The number of unbranched alkanes of at least 4 members (excludes halogenated alkanes) is 1. The Morgan fingerprint density at radius 1 is 1.62 bits per heavy atom. The lowest BCUT2D eigenvalue weighted by molar-refractivity contribution is 0.177. The Bertz CT molecular complexity index is 197. The molecule has 0 radical (unpaired) electrons. The third-order valence-electron chi connectivity index (χ3n) is 2.65. The number of hydrogen-bond donors (Lipinski definition) is 1. The van der Waals surface area contributed by atoms with Crippen molar-refractivity contribution >= 4 is 0 Å². The molecule has 0 aromatic heterocycles. The van der Waals surface area contributed by atoms with Gasteiger partial charge in [0.2, 0.25) is 0 Å². The first-order valence-corrected chi connectivity index (χ1v) is 5.13. The summed E-state index contributed by atoms with van der Waals surface area (Å²) in [5.74, 6) is 0. The summed E-state index contributed by atoms with van der Waals surface area (Å²) in [5.41, 5.74) is 5.34. The van der Waals surface area contributed by atoms with Gasteiger partial charge in [0.25, 0.3) is 0 Å². The van der Waals surface area contributed by atoms with Crippen molar-refractivity contribution in [2.45, 2.75) is 38.1 Å². The Balaban J connectivity index is 2.38. The number of hydrogen-bond acceptors (Lipinski definition) is 3. The highest BCUT2D eigenvalue weighted by atomic mass is 15.2. The highest BCUT2D eigenvalue weighted by Gasteiger charge is 2.30. The summed E-state index contributed by atoms with van der Waals surface area (Å²) in [6, 6.07) is 2.22. The van der Waals surface area contributed by atoms with E-state index in [2.05, 4.69) is 17.9 Å². The highest BCUT2D eigenvalue weighted by Crippen LogP contribution is 2.17. The van der Waals surface area contributed by atoms with Gasteiger partial charge < -0.3 is 10.6 Å². The van der Waals surface area contributed by atoms with Crippen molar-refractivity contribution in [3.05, 3.63) is 0 Å². The molecule has 1 aliphatic rings. The first-order chi connectivity index (χ1) is 6.20. The van der Waals surface area contributed by atoms with Crippen molar-refractivity contribution in [2.75, 3.05) is 19.6 Å². The van der Waals surface area contributed by atoms with Gasteiger partial charge in [-0.15, -0.1) is 0 Å². The second kappa shape index (κ2) is 4.59. The maximum Gasteiger partial charge on any atom is 0.117 e. The lowest BCUT2D eigenvalue weighted by atomic mass is 9.92. The Morgan fingerprint density at radius 2 is 2.38 bits per heavy atom.